The minimum absolute atomic E-state index is 0.133. The zero-order chi connectivity index (χ0) is 18.7. The second kappa shape index (κ2) is 7.23. The molecule has 6 nitrogen and oxygen atoms in total. The van der Waals surface area contributed by atoms with Gasteiger partial charge in [-0.1, -0.05) is 18.7 Å². The number of H-pyrrole nitrogens is 1. The maximum atomic E-state index is 12.1. The van der Waals surface area contributed by atoms with E-state index in [9.17, 15) is 4.79 Å². The Kier molecular flexibility index (Phi) is 5.02. The molecule has 2 aromatic rings. The minimum atomic E-state index is -0.159. The van der Waals surface area contributed by atoms with Crippen LogP contribution in [0.5, 0.6) is 5.75 Å². The topological polar surface area (TPSA) is 75.7 Å². The van der Waals surface area contributed by atoms with Crippen molar-refractivity contribution in [1.82, 2.24) is 10.3 Å². The van der Waals surface area contributed by atoms with Crippen LogP contribution < -0.4 is 10.1 Å². The van der Waals surface area contributed by atoms with E-state index in [2.05, 4.69) is 29.0 Å². The minimum Gasteiger partial charge on any atom is -0.487 e. The average molecular weight is 355 g/mol. The molecular formula is C20H25N3O3. The van der Waals surface area contributed by atoms with E-state index in [1.54, 1.807) is 6.08 Å². The van der Waals surface area contributed by atoms with E-state index in [1.165, 1.54) is 7.11 Å². The number of fused-ring (bicyclic) bond motifs is 1. The van der Waals surface area contributed by atoms with Gasteiger partial charge in [-0.2, -0.15) is 0 Å². The highest BCUT2D eigenvalue weighted by molar-refractivity contribution is 5.95. The molecule has 1 saturated carbocycles. The molecule has 26 heavy (non-hydrogen) atoms. The molecule has 0 aliphatic heterocycles. The van der Waals surface area contributed by atoms with E-state index in [0.29, 0.717) is 12.3 Å². The predicted molar refractivity (Wildman–Crippen MR) is 102 cm³/mol. The summed E-state index contributed by atoms with van der Waals surface area (Å²) in [5.41, 5.74) is 3.59. The van der Waals surface area contributed by atoms with Gasteiger partial charge in [0.15, 0.2) is 0 Å². The lowest BCUT2D eigenvalue weighted by Gasteiger charge is -2.09. The quantitative estimate of drug-likeness (QED) is 0.562. The number of carbonyl (C=O) groups excluding carboxylic acids is 1. The van der Waals surface area contributed by atoms with Crippen LogP contribution >= 0.6 is 0 Å². The van der Waals surface area contributed by atoms with Crippen LogP contribution in [0.25, 0.3) is 10.9 Å². The smallest absolute Gasteiger partial charge is 0.226 e. The fourth-order valence-corrected chi connectivity index (χ4v) is 2.83. The normalized spacial score (nSPS) is 15.6. The van der Waals surface area contributed by atoms with Gasteiger partial charge in [-0.25, -0.2) is 0 Å². The largest absolute Gasteiger partial charge is 0.487 e. The molecule has 6 heteroatoms. The second-order valence-electron chi connectivity index (χ2n) is 6.94. The van der Waals surface area contributed by atoms with Crippen LogP contribution in [0.3, 0.4) is 0 Å². The Morgan fingerprint density at radius 3 is 2.88 bits per heavy atom. The van der Waals surface area contributed by atoms with Crippen molar-refractivity contribution in [1.29, 1.82) is 0 Å². The molecule has 1 aliphatic carbocycles. The summed E-state index contributed by atoms with van der Waals surface area (Å²) in [6, 6.07) is 5.89. The molecule has 138 valence electrons. The number of aromatic nitrogens is 1. The van der Waals surface area contributed by atoms with Crippen LogP contribution in [-0.2, 0) is 16.2 Å². The molecule has 1 aromatic carbocycles. The van der Waals surface area contributed by atoms with Gasteiger partial charge in [0.1, 0.15) is 25.2 Å². The number of hydrogen-bond donors (Lipinski definition) is 2. The molecule has 2 N–H and O–H groups in total. The van der Waals surface area contributed by atoms with Gasteiger partial charge in [0.05, 0.1) is 6.54 Å². The van der Waals surface area contributed by atoms with E-state index < -0.39 is 0 Å². The van der Waals surface area contributed by atoms with Crippen molar-refractivity contribution in [3.8, 4) is 5.75 Å². The Morgan fingerprint density at radius 2 is 2.23 bits per heavy atom. The van der Waals surface area contributed by atoms with Crippen LogP contribution in [0.2, 0.25) is 0 Å². The molecular weight excluding hydrogens is 330 g/mol. The maximum Gasteiger partial charge on any atom is 0.226 e. The number of nitrogens with one attached hydrogen (secondary N) is 2. The first-order valence-corrected chi connectivity index (χ1v) is 8.71. The Morgan fingerprint density at radius 1 is 1.46 bits per heavy atom. The van der Waals surface area contributed by atoms with Crippen LogP contribution in [0.1, 0.15) is 31.0 Å². The summed E-state index contributed by atoms with van der Waals surface area (Å²) in [6.07, 6.45) is 3.55. The molecule has 0 saturated heterocycles. The standard InChI is InChI=1S/C20H25N3O3/c1-5-14(23-25-4)12-26-15-6-7-16-13(2)18(22-17(16)10-15)11-21-19(24)20(3)8-9-20/h5-7,10,22H,1,8-9,11-12H2,2-4H3,(H,21,24)/b23-14+. The zero-order valence-corrected chi connectivity index (χ0v) is 15.5. The van der Waals surface area contributed by atoms with Crippen molar-refractivity contribution in [2.24, 2.45) is 10.6 Å². The molecule has 1 fully saturated rings. The molecule has 1 amide bonds. The zero-order valence-electron chi connectivity index (χ0n) is 15.5. The molecule has 1 heterocycles. The molecule has 1 aromatic heterocycles. The number of aryl methyl sites for hydroxylation is 1. The van der Waals surface area contributed by atoms with Crippen molar-refractivity contribution < 1.29 is 14.4 Å². The van der Waals surface area contributed by atoms with Crippen molar-refractivity contribution in [2.75, 3.05) is 13.7 Å². The van der Waals surface area contributed by atoms with Gasteiger partial charge in [0.25, 0.3) is 0 Å². The summed E-state index contributed by atoms with van der Waals surface area (Å²) in [6.45, 7) is 8.53. The average Bonchev–Trinajstić information content (AvgIpc) is 3.32. The number of amides is 1. The lowest BCUT2D eigenvalue weighted by molar-refractivity contribution is -0.125. The lowest BCUT2D eigenvalue weighted by Crippen LogP contribution is -2.30. The van der Waals surface area contributed by atoms with Gasteiger partial charge in [-0.3, -0.25) is 4.79 Å². The van der Waals surface area contributed by atoms with E-state index in [1.807, 2.05) is 25.1 Å². The van der Waals surface area contributed by atoms with Gasteiger partial charge in [-0.15, -0.1) is 0 Å². The van der Waals surface area contributed by atoms with Gasteiger partial charge in [0, 0.05) is 28.1 Å². The fourth-order valence-electron chi connectivity index (χ4n) is 2.83. The number of carbonyl (C=O) groups is 1. The molecule has 0 radical (unpaired) electrons. The monoisotopic (exact) mass is 355 g/mol. The first-order valence-electron chi connectivity index (χ1n) is 8.71. The van der Waals surface area contributed by atoms with Gasteiger partial charge >= 0.3 is 0 Å². The number of ether oxygens (including phenoxy) is 1. The highest BCUT2D eigenvalue weighted by Gasteiger charge is 2.44. The third kappa shape index (κ3) is 3.74. The molecule has 0 atom stereocenters. The summed E-state index contributed by atoms with van der Waals surface area (Å²) in [5.74, 6) is 0.861. The Balaban J connectivity index is 1.70. The van der Waals surface area contributed by atoms with Gasteiger partial charge in [0.2, 0.25) is 5.91 Å². The Labute approximate surface area is 153 Å². The summed E-state index contributed by atoms with van der Waals surface area (Å²) in [5, 5.41) is 7.99. The number of hydrogen-bond acceptors (Lipinski definition) is 4. The highest BCUT2D eigenvalue weighted by Crippen LogP contribution is 2.45. The van der Waals surface area contributed by atoms with Crippen molar-refractivity contribution >= 4 is 22.5 Å². The number of oxime groups is 1. The summed E-state index contributed by atoms with van der Waals surface area (Å²) in [7, 11) is 1.49. The molecule has 1 aliphatic rings. The lowest BCUT2D eigenvalue weighted by atomic mass is 10.1. The Bertz CT molecular complexity index is 863. The van der Waals surface area contributed by atoms with Crippen molar-refractivity contribution in [3.05, 3.63) is 42.1 Å². The van der Waals surface area contributed by atoms with Crippen LogP contribution in [-0.4, -0.2) is 30.3 Å². The molecule has 3 rings (SSSR count). The maximum absolute atomic E-state index is 12.1. The number of rotatable bonds is 8. The van der Waals surface area contributed by atoms with Crippen molar-refractivity contribution in [2.45, 2.75) is 33.2 Å². The van der Waals surface area contributed by atoms with E-state index in [0.717, 1.165) is 40.8 Å². The van der Waals surface area contributed by atoms with E-state index in [-0.39, 0.29) is 17.9 Å². The summed E-state index contributed by atoms with van der Waals surface area (Å²) < 4.78 is 5.75. The fraction of sp³-hybridized carbons (Fsp3) is 0.400. The Hall–Kier alpha value is -2.76. The summed E-state index contributed by atoms with van der Waals surface area (Å²) in [4.78, 5) is 20.3. The first kappa shape index (κ1) is 18.0. The third-order valence-electron chi connectivity index (χ3n) is 4.94. The summed E-state index contributed by atoms with van der Waals surface area (Å²) >= 11 is 0. The van der Waals surface area contributed by atoms with Crippen molar-refractivity contribution in [3.63, 3.8) is 0 Å². The van der Waals surface area contributed by atoms with Gasteiger partial charge < -0.3 is 19.9 Å². The molecule has 0 unspecified atom stereocenters. The first-order chi connectivity index (χ1) is 12.5. The van der Waals surface area contributed by atoms with Crippen LogP contribution in [0.4, 0.5) is 0 Å². The number of nitrogens with zero attached hydrogens (tertiary/aromatic N) is 1. The second-order valence-corrected chi connectivity index (χ2v) is 6.94. The number of aromatic amines is 1. The van der Waals surface area contributed by atoms with E-state index >= 15 is 0 Å². The van der Waals surface area contributed by atoms with Gasteiger partial charge in [-0.05, 0) is 43.5 Å². The highest BCUT2D eigenvalue weighted by atomic mass is 16.6. The molecule has 0 spiro atoms. The SMILES string of the molecule is C=C/C(COc1ccc2c(C)c(CNC(=O)C3(C)CC3)[nH]c2c1)=N\OC. The predicted octanol–water partition coefficient (Wildman–Crippen LogP) is 3.46. The molecule has 0 bridgehead atoms. The van der Waals surface area contributed by atoms with Crippen LogP contribution in [0.15, 0.2) is 36.0 Å². The third-order valence-corrected chi connectivity index (χ3v) is 4.94. The van der Waals surface area contributed by atoms with E-state index in [4.69, 9.17) is 9.57 Å². The van der Waals surface area contributed by atoms with Crippen LogP contribution in [0, 0.1) is 12.3 Å². The number of benzene rings is 1.